The van der Waals surface area contributed by atoms with Gasteiger partial charge in [0.25, 0.3) is 0 Å². The van der Waals surface area contributed by atoms with E-state index in [0.717, 1.165) is 12.8 Å². The number of esters is 1. The quantitative estimate of drug-likeness (QED) is 0.512. The first-order valence-corrected chi connectivity index (χ1v) is 5.36. The molecule has 1 aliphatic rings. The summed E-state index contributed by atoms with van der Waals surface area (Å²) in [4.78, 5) is 11.3. The van der Waals surface area contributed by atoms with Gasteiger partial charge in [-0.25, -0.2) is 0 Å². The van der Waals surface area contributed by atoms with Crippen LogP contribution in [0.1, 0.15) is 40.0 Å². The van der Waals surface area contributed by atoms with Crippen molar-refractivity contribution in [1.29, 1.82) is 0 Å². The third-order valence-corrected chi connectivity index (χ3v) is 2.63. The molecule has 0 radical (unpaired) electrons. The fourth-order valence-electron chi connectivity index (χ4n) is 2.01. The van der Waals surface area contributed by atoms with E-state index >= 15 is 0 Å². The summed E-state index contributed by atoms with van der Waals surface area (Å²) in [5.74, 6) is 0.303. The normalized spacial score (nSPS) is 24.6. The average molecular weight is 196 g/mol. The molecule has 0 aromatic carbocycles. The number of allylic oxidation sites excluding steroid dienone is 2. The van der Waals surface area contributed by atoms with Gasteiger partial charge in [-0.15, -0.1) is 0 Å². The van der Waals surface area contributed by atoms with E-state index in [0.29, 0.717) is 24.4 Å². The van der Waals surface area contributed by atoms with Crippen molar-refractivity contribution in [2.75, 3.05) is 6.61 Å². The molecule has 80 valence electrons. The predicted molar refractivity (Wildman–Crippen MR) is 56.9 cm³/mol. The average Bonchev–Trinajstić information content (AvgIpc) is 2.02. The second-order valence-corrected chi connectivity index (χ2v) is 4.77. The lowest BCUT2D eigenvalue weighted by Crippen LogP contribution is -2.21. The Morgan fingerprint density at radius 1 is 1.57 bits per heavy atom. The van der Waals surface area contributed by atoms with Gasteiger partial charge in [0.1, 0.15) is 0 Å². The zero-order valence-electron chi connectivity index (χ0n) is 9.38. The Morgan fingerprint density at radius 3 is 2.86 bits per heavy atom. The van der Waals surface area contributed by atoms with Crippen LogP contribution in [0.5, 0.6) is 0 Å². The van der Waals surface area contributed by atoms with Crippen LogP contribution < -0.4 is 0 Å². The molecule has 1 rings (SSSR count). The van der Waals surface area contributed by atoms with Crippen molar-refractivity contribution in [2.24, 2.45) is 11.3 Å². The summed E-state index contributed by atoms with van der Waals surface area (Å²) < 4.78 is 4.94. The van der Waals surface area contributed by atoms with Crippen molar-refractivity contribution in [2.45, 2.75) is 40.0 Å². The summed E-state index contributed by atoms with van der Waals surface area (Å²) in [6.45, 7) is 6.82. The van der Waals surface area contributed by atoms with Crippen LogP contribution in [-0.2, 0) is 9.53 Å². The number of hydrogen-bond donors (Lipinski definition) is 0. The molecule has 0 aromatic rings. The van der Waals surface area contributed by atoms with E-state index < -0.39 is 0 Å². The number of carbonyl (C=O) groups is 1. The van der Waals surface area contributed by atoms with Gasteiger partial charge in [0, 0.05) is 0 Å². The molecule has 0 fully saturated rings. The van der Waals surface area contributed by atoms with E-state index in [1.165, 1.54) is 0 Å². The molecule has 2 nitrogen and oxygen atoms in total. The van der Waals surface area contributed by atoms with Crippen LogP contribution in [0.25, 0.3) is 0 Å². The summed E-state index contributed by atoms with van der Waals surface area (Å²) in [5.41, 5.74) is 0.339. The molecule has 0 spiro atoms. The van der Waals surface area contributed by atoms with Crippen LogP contribution in [0.2, 0.25) is 0 Å². The molecule has 0 saturated carbocycles. The van der Waals surface area contributed by atoms with Crippen LogP contribution in [0.3, 0.4) is 0 Å². The zero-order valence-corrected chi connectivity index (χ0v) is 9.38. The molecule has 1 atom stereocenters. The Morgan fingerprint density at radius 2 is 2.29 bits per heavy atom. The highest BCUT2D eigenvalue weighted by molar-refractivity contribution is 5.69. The lowest BCUT2D eigenvalue weighted by molar-refractivity contribution is -0.144. The molecule has 0 heterocycles. The Kier molecular flexibility index (Phi) is 3.73. The number of carbonyl (C=O) groups excluding carboxylic acids is 1. The number of rotatable bonds is 3. The van der Waals surface area contributed by atoms with E-state index in [1.807, 2.05) is 6.92 Å². The molecule has 2 heteroatoms. The maximum atomic E-state index is 11.3. The molecule has 1 aliphatic carbocycles. The zero-order chi connectivity index (χ0) is 10.6. The summed E-state index contributed by atoms with van der Waals surface area (Å²) >= 11 is 0. The van der Waals surface area contributed by atoms with E-state index in [2.05, 4.69) is 26.0 Å². The topological polar surface area (TPSA) is 26.3 Å². The van der Waals surface area contributed by atoms with Crippen molar-refractivity contribution in [3.05, 3.63) is 12.2 Å². The fourth-order valence-corrected chi connectivity index (χ4v) is 2.01. The van der Waals surface area contributed by atoms with Gasteiger partial charge in [-0.1, -0.05) is 26.0 Å². The lowest BCUT2D eigenvalue weighted by Gasteiger charge is -2.30. The van der Waals surface area contributed by atoms with Crippen molar-refractivity contribution in [3.63, 3.8) is 0 Å². The highest BCUT2D eigenvalue weighted by atomic mass is 16.5. The fraction of sp³-hybridized carbons (Fsp3) is 0.750. The van der Waals surface area contributed by atoms with Crippen molar-refractivity contribution in [1.82, 2.24) is 0 Å². The van der Waals surface area contributed by atoms with Crippen LogP contribution in [0, 0.1) is 11.3 Å². The van der Waals surface area contributed by atoms with Crippen molar-refractivity contribution >= 4 is 5.97 Å². The van der Waals surface area contributed by atoms with Crippen LogP contribution in [-0.4, -0.2) is 12.6 Å². The predicted octanol–water partition coefficient (Wildman–Crippen LogP) is 2.93. The van der Waals surface area contributed by atoms with Gasteiger partial charge >= 0.3 is 5.97 Å². The molecule has 0 unspecified atom stereocenters. The third kappa shape index (κ3) is 3.52. The van der Waals surface area contributed by atoms with Gasteiger partial charge < -0.3 is 4.74 Å². The first-order chi connectivity index (χ1) is 6.53. The van der Waals surface area contributed by atoms with Gasteiger partial charge in [0.05, 0.1) is 13.0 Å². The van der Waals surface area contributed by atoms with Crippen molar-refractivity contribution in [3.8, 4) is 0 Å². The van der Waals surface area contributed by atoms with E-state index in [9.17, 15) is 4.79 Å². The molecule has 14 heavy (non-hydrogen) atoms. The minimum Gasteiger partial charge on any atom is -0.466 e. The minimum absolute atomic E-state index is 0.0696. The van der Waals surface area contributed by atoms with Crippen LogP contribution in [0.15, 0.2) is 12.2 Å². The maximum Gasteiger partial charge on any atom is 0.306 e. The van der Waals surface area contributed by atoms with E-state index in [-0.39, 0.29) is 5.97 Å². The minimum atomic E-state index is -0.0696. The van der Waals surface area contributed by atoms with Gasteiger partial charge in [-0.2, -0.15) is 0 Å². The first-order valence-electron chi connectivity index (χ1n) is 5.36. The second kappa shape index (κ2) is 4.63. The molecule has 0 aliphatic heterocycles. The van der Waals surface area contributed by atoms with Crippen LogP contribution in [0.4, 0.5) is 0 Å². The third-order valence-electron chi connectivity index (χ3n) is 2.63. The molecule has 0 bridgehead atoms. The number of hydrogen-bond acceptors (Lipinski definition) is 2. The lowest BCUT2D eigenvalue weighted by atomic mass is 9.75. The molecule has 0 saturated heterocycles. The van der Waals surface area contributed by atoms with Gasteiger partial charge in [-0.05, 0) is 31.1 Å². The summed E-state index contributed by atoms with van der Waals surface area (Å²) in [6, 6.07) is 0. The monoisotopic (exact) mass is 196 g/mol. The van der Waals surface area contributed by atoms with E-state index in [1.54, 1.807) is 0 Å². The molecule has 0 aromatic heterocycles. The molecule has 0 N–H and O–H groups in total. The highest BCUT2D eigenvalue weighted by Crippen LogP contribution is 2.35. The highest BCUT2D eigenvalue weighted by Gasteiger charge is 2.26. The molecular weight excluding hydrogens is 176 g/mol. The Labute approximate surface area is 86.3 Å². The SMILES string of the molecule is CCOC(=O)C[C@@H]1C=CCC(C)(C)C1. The maximum absolute atomic E-state index is 11.3. The van der Waals surface area contributed by atoms with Gasteiger partial charge in [0.15, 0.2) is 0 Å². The summed E-state index contributed by atoms with van der Waals surface area (Å²) in [7, 11) is 0. The molecular formula is C12H20O2. The van der Waals surface area contributed by atoms with Crippen molar-refractivity contribution < 1.29 is 9.53 Å². The first kappa shape index (κ1) is 11.3. The Hall–Kier alpha value is -0.790. The van der Waals surface area contributed by atoms with Crippen LogP contribution >= 0.6 is 0 Å². The summed E-state index contributed by atoms with van der Waals surface area (Å²) in [5, 5.41) is 0. The number of ether oxygens (including phenoxy) is 1. The Bertz CT molecular complexity index is 228. The summed E-state index contributed by atoms with van der Waals surface area (Å²) in [6.07, 6.45) is 7.08. The smallest absolute Gasteiger partial charge is 0.306 e. The largest absolute Gasteiger partial charge is 0.466 e. The molecule has 0 amide bonds. The van der Waals surface area contributed by atoms with Gasteiger partial charge in [0.2, 0.25) is 0 Å². The second-order valence-electron chi connectivity index (χ2n) is 4.77. The standard InChI is InChI=1S/C12H20O2/c1-4-14-11(13)8-10-6-5-7-12(2,3)9-10/h5-6,10H,4,7-9H2,1-3H3/t10-/m0/s1. The van der Waals surface area contributed by atoms with E-state index in [4.69, 9.17) is 4.74 Å². The Balaban J connectivity index is 2.42. The van der Waals surface area contributed by atoms with Gasteiger partial charge in [-0.3, -0.25) is 4.79 Å².